The lowest BCUT2D eigenvalue weighted by Gasteiger charge is -2.37. The monoisotopic (exact) mass is 261 g/mol. The van der Waals surface area contributed by atoms with Gasteiger partial charge < -0.3 is 10.6 Å². The van der Waals surface area contributed by atoms with E-state index in [4.69, 9.17) is 5.73 Å². The van der Waals surface area contributed by atoms with Gasteiger partial charge in [0, 0.05) is 44.8 Å². The van der Waals surface area contributed by atoms with Crippen LogP contribution in [0.25, 0.3) is 0 Å². The highest BCUT2D eigenvalue weighted by atomic mass is 16.2. The number of carbonyl (C=O) groups excluding carboxylic acids is 1. The highest BCUT2D eigenvalue weighted by Crippen LogP contribution is 2.14. The molecule has 4 nitrogen and oxygen atoms in total. The van der Waals surface area contributed by atoms with Crippen molar-refractivity contribution in [3.05, 3.63) is 29.8 Å². The van der Waals surface area contributed by atoms with Crippen LogP contribution in [0.2, 0.25) is 0 Å². The predicted octanol–water partition coefficient (Wildman–Crippen LogP) is 1.36. The summed E-state index contributed by atoms with van der Waals surface area (Å²) in [5, 5.41) is 0. The quantitative estimate of drug-likeness (QED) is 0.836. The average molecular weight is 261 g/mol. The zero-order chi connectivity index (χ0) is 13.8. The number of nitrogen functional groups attached to an aromatic ring is 1. The summed E-state index contributed by atoms with van der Waals surface area (Å²) >= 11 is 0. The number of rotatable bonds is 3. The number of nitrogens with two attached hydrogens (primary N) is 1. The molecule has 0 saturated carbocycles. The van der Waals surface area contributed by atoms with Crippen LogP contribution in [0.4, 0.5) is 5.69 Å². The second-order valence-corrected chi connectivity index (χ2v) is 5.34. The maximum Gasteiger partial charge on any atom is 0.219 e. The summed E-state index contributed by atoms with van der Waals surface area (Å²) in [4.78, 5) is 15.7. The van der Waals surface area contributed by atoms with Gasteiger partial charge in [-0.05, 0) is 31.0 Å². The van der Waals surface area contributed by atoms with Crippen molar-refractivity contribution in [1.29, 1.82) is 0 Å². The van der Waals surface area contributed by atoms with Gasteiger partial charge in [-0.3, -0.25) is 9.69 Å². The molecule has 0 aromatic heterocycles. The molecule has 0 aliphatic carbocycles. The van der Waals surface area contributed by atoms with Crippen molar-refractivity contribution in [3.63, 3.8) is 0 Å². The fourth-order valence-corrected chi connectivity index (χ4v) is 2.67. The van der Waals surface area contributed by atoms with Crippen LogP contribution in [-0.4, -0.2) is 47.9 Å². The third-order valence-electron chi connectivity index (χ3n) is 3.87. The average Bonchev–Trinajstić information content (AvgIpc) is 2.39. The van der Waals surface area contributed by atoms with Gasteiger partial charge in [0.25, 0.3) is 0 Å². The lowest BCUT2D eigenvalue weighted by atomic mass is 10.0. The maximum absolute atomic E-state index is 11.3. The highest BCUT2D eigenvalue weighted by molar-refractivity contribution is 5.73. The van der Waals surface area contributed by atoms with E-state index >= 15 is 0 Å². The van der Waals surface area contributed by atoms with Crippen LogP contribution in [0.1, 0.15) is 19.4 Å². The Kier molecular flexibility index (Phi) is 4.43. The van der Waals surface area contributed by atoms with Crippen molar-refractivity contribution >= 4 is 11.6 Å². The van der Waals surface area contributed by atoms with E-state index in [1.165, 1.54) is 5.56 Å². The second kappa shape index (κ2) is 6.06. The highest BCUT2D eigenvalue weighted by Gasteiger charge is 2.22. The van der Waals surface area contributed by atoms with E-state index in [2.05, 4.69) is 17.9 Å². The lowest BCUT2D eigenvalue weighted by molar-refractivity contribution is -0.130. The Bertz CT molecular complexity index is 439. The van der Waals surface area contributed by atoms with Gasteiger partial charge in [0.1, 0.15) is 0 Å². The van der Waals surface area contributed by atoms with Gasteiger partial charge in [0.15, 0.2) is 0 Å². The van der Waals surface area contributed by atoms with Gasteiger partial charge in [0.05, 0.1) is 0 Å². The van der Waals surface area contributed by atoms with Gasteiger partial charge in [-0.2, -0.15) is 0 Å². The minimum atomic E-state index is 0.183. The van der Waals surface area contributed by atoms with Crippen molar-refractivity contribution in [2.24, 2.45) is 0 Å². The van der Waals surface area contributed by atoms with Gasteiger partial charge in [-0.15, -0.1) is 0 Å². The van der Waals surface area contributed by atoms with Crippen molar-refractivity contribution < 1.29 is 4.79 Å². The van der Waals surface area contributed by atoms with E-state index in [9.17, 15) is 4.79 Å². The molecule has 1 heterocycles. The molecule has 1 aromatic carbocycles. The summed E-state index contributed by atoms with van der Waals surface area (Å²) in [6, 6.07) is 8.57. The Balaban J connectivity index is 1.88. The first-order valence-electron chi connectivity index (χ1n) is 6.90. The first-order valence-corrected chi connectivity index (χ1v) is 6.90. The molecule has 2 rings (SSSR count). The number of hydrogen-bond donors (Lipinski definition) is 1. The molecule has 1 unspecified atom stereocenters. The molecular formula is C15H23N3O. The van der Waals surface area contributed by atoms with E-state index in [1.54, 1.807) is 6.92 Å². The van der Waals surface area contributed by atoms with E-state index in [1.807, 2.05) is 23.1 Å². The van der Waals surface area contributed by atoms with Gasteiger partial charge in [-0.25, -0.2) is 0 Å². The molecule has 1 fully saturated rings. The largest absolute Gasteiger partial charge is 0.399 e. The molecule has 1 aliphatic heterocycles. The number of benzene rings is 1. The molecule has 0 radical (unpaired) electrons. The molecule has 19 heavy (non-hydrogen) atoms. The van der Waals surface area contributed by atoms with Crippen LogP contribution < -0.4 is 5.73 Å². The van der Waals surface area contributed by atoms with E-state index in [0.29, 0.717) is 6.04 Å². The number of piperazine rings is 1. The fourth-order valence-electron chi connectivity index (χ4n) is 2.67. The maximum atomic E-state index is 11.3. The molecule has 0 bridgehead atoms. The van der Waals surface area contributed by atoms with Crippen molar-refractivity contribution in [3.8, 4) is 0 Å². The topological polar surface area (TPSA) is 49.6 Å². The second-order valence-electron chi connectivity index (χ2n) is 5.34. The molecule has 1 atom stereocenters. The molecule has 1 saturated heterocycles. The summed E-state index contributed by atoms with van der Waals surface area (Å²) < 4.78 is 0. The number of anilines is 1. The molecule has 104 valence electrons. The summed E-state index contributed by atoms with van der Waals surface area (Å²) in [5.74, 6) is 0.183. The lowest BCUT2D eigenvalue weighted by Crippen LogP contribution is -2.51. The van der Waals surface area contributed by atoms with Crippen LogP contribution in [0.5, 0.6) is 0 Å². The first kappa shape index (κ1) is 13.9. The SMILES string of the molecule is CC(=O)N1CCN(C(C)Cc2cccc(N)c2)CC1. The Morgan fingerprint density at radius 2 is 2.00 bits per heavy atom. The van der Waals surface area contributed by atoms with Gasteiger partial charge in [0.2, 0.25) is 5.91 Å². The smallest absolute Gasteiger partial charge is 0.219 e. The number of amides is 1. The molecule has 0 spiro atoms. The van der Waals surface area contributed by atoms with Gasteiger partial charge >= 0.3 is 0 Å². The van der Waals surface area contributed by atoms with Crippen LogP contribution in [0.3, 0.4) is 0 Å². The standard InChI is InChI=1S/C15H23N3O/c1-12(10-14-4-3-5-15(16)11-14)17-6-8-18(9-7-17)13(2)19/h3-5,11-12H,6-10,16H2,1-2H3. The molecular weight excluding hydrogens is 238 g/mol. The molecule has 1 aromatic rings. The summed E-state index contributed by atoms with van der Waals surface area (Å²) in [7, 11) is 0. The Labute approximate surface area is 115 Å². The zero-order valence-corrected chi connectivity index (χ0v) is 11.8. The number of hydrogen-bond acceptors (Lipinski definition) is 3. The van der Waals surface area contributed by atoms with Gasteiger partial charge in [-0.1, -0.05) is 12.1 Å². The molecule has 1 amide bonds. The number of carbonyl (C=O) groups is 1. The van der Waals surface area contributed by atoms with Crippen LogP contribution >= 0.6 is 0 Å². The van der Waals surface area contributed by atoms with Crippen LogP contribution in [0, 0.1) is 0 Å². The Hall–Kier alpha value is -1.55. The Morgan fingerprint density at radius 1 is 1.32 bits per heavy atom. The normalized spacial score (nSPS) is 18.3. The predicted molar refractivity (Wildman–Crippen MR) is 77.8 cm³/mol. The van der Waals surface area contributed by atoms with E-state index < -0.39 is 0 Å². The van der Waals surface area contributed by atoms with Crippen molar-refractivity contribution in [2.45, 2.75) is 26.3 Å². The minimum absolute atomic E-state index is 0.183. The van der Waals surface area contributed by atoms with Crippen LogP contribution in [0.15, 0.2) is 24.3 Å². The zero-order valence-electron chi connectivity index (χ0n) is 11.8. The molecule has 4 heteroatoms. The molecule has 2 N–H and O–H groups in total. The minimum Gasteiger partial charge on any atom is -0.399 e. The molecule has 1 aliphatic rings. The summed E-state index contributed by atoms with van der Waals surface area (Å²) in [5.41, 5.74) is 7.91. The first-order chi connectivity index (χ1) is 9.06. The summed E-state index contributed by atoms with van der Waals surface area (Å²) in [6.07, 6.45) is 1.01. The fraction of sp³-hybridized carbons (Fsp3) is 0.533. The third-order valence-corrected chi connectivity index (χ3v) is 3.87. The van der Waals surface area contributed by atoms with E-state index in [0.717, 1.165) is 38.3 Å². The third kappa shape index (κ3) is 3.70. The Morgan fingerprint density at radius 3 is 2.58 bits per heavy atom. The van der Waals surface area contributed by atoms with Crippen molar-refractivity contribution in [1.82, 2.24) is 9.80 Å². The summed E-state index contributed by atoms with van der Waals surface area (Å²) in [6.45, 7) is 7.50. The van der Waals surface area contributed by atoms with Crippen LogP contribution in [-0.2, 0) is 11.2 Å². The van der Waals surface area contributed by atoms with Crippen molar-refractivity contribution in [2.75, 3.05) is 31.9 Å². The van der Waals surface area contributed by atoms with E-state index in [-0.39, 0.29) is 5.91 Å². The number of nitrogens with zero attached hydrogens (tertiary/aromatic N) is 2.